The molecule has 0 saturated heterocycles. The number of carbonyl (C=O) groups excluding carboxylic acids is 1. The number of amides is 1. The molecule has 0 unspecified atom stereocenters. The number of hydrogen-bond donors (Lipinski definition) is 2. The molecule has 2 aromatic carbocycles. The lowest BCUT2D eigenvalue weighted by Gasteiger charge is -2.36. The Bertz CT molecular complexity index is 687. The van der Waals surface area contributed by atoms with E-state index in [0.29, 0.717) is 6.04 Å². The van der Waals surface area contributed by atoms with E-state index in [1.54, 1.807) is 12.1 Å². The quantitative estimate of drug-likeness (QED) is 0.811. The highest BCUT2D eigenvalue weighted by Gasteiger charge is 2.30. The van der Waals surface area contributed by atoms with Crippen molar-refractivity contribution >= 4 is 6.09 Å². The van der Waals surface area contributed by atoms with E-state index in [9.17, 15) is 9.18 Å². The van der Waals surface area contributed by atoms with Crippen LogP contribution in [0, 0.1) is 5.82 Å². The van der Waals surface area contributed by atoms with Crippen molar-refractivity contribution in [3.05, 3.63) is 71.5 Å². The molecule has 0 atom stereocenters. The van der Waals surface area contributed by atoms with Crippen LogP contribution < -0.4 is 10.6 Å². The second-order valence-corrected chi connectivity index (χ2v) is 6.41. The smallest absolute Gasteiger partial charge is 0.407 e. The summed E-state index contributed by atoms with van der Waals surface area (Å²) in [5.74, 6) is -0.195. The average molecular weight is 342 g/mol. The van der Waals surface area contributed by atoms with Gasteiger partial charge in [0, 0.05) is 12.1 Å². The first-order chi connectivity index (χ1) is 12.2. The Morgan fingerprint density at radius 2 is 1.80 bits per heavy atom. The van der Waals surface area contributed by atoms with Crippen LogP contribution in [0.1, 0.15) is 24.0 Å². The molecule has 0 aliphatic heterocycles. The summed E-state index contributed by atoms with van der Waals surface area (Å²) < 4.78 is 18.3. The van der Waals surface area contributed by atoms with Gasteiger partial charge in [-0.15, -0.1) is 0 Å². The van der Waals surface area contributed by atoms with Crippen molar-refractivity contribution in [2.45, 2.75) is 38.0 Å². The molecular weight excluding hydrogens is 319 g/mol. The Kier molecular flexibility index (Phi) is 6.01. The molecule has 1 saturated carbocycles. The monoisotopic (exact) mass is 342 g/mol. The molecule has 0 spiro atoms. The van der Waals surface area contributed by atoms with Crippen LogP contribution in [0.4, 0.5) is 9.18 Å². The summed E-state index contributed by atoms with van der Waals surface area (Å²) >= 11 is 0. The Labute approximate surface area is 147 Å². The molecule has 2 aromatic rings. The summed E-state index contributed by atoms with van der Waals surface area (Å²) in [5.41, 5.74) is 1.97. The van der Waals surface area contributed by atoms with E-state index in [2.05, 4.69) is 10.6 Å². The maximum Gasteiger partial charge on any atom is 0.407 e. The number of ether oxygens (including phenoxy) is 1. The van der Waals surface area contributed by atoms with Crippen LogP contribution in [0.2, 0.25) is 0 Å². The highest BCUT2D eigenvalue weighted by molar-refractivity contribution is 5.67. The van der Waals surface area contributed by atoms with Gasteiger partial charge in [0.05, 0.1) is 0 Å². The van der Waals surface area contributed by atoms with Gasteiger partial charge in [-0.25, -0.2) is 9.18 Å². The maximum atomic E-state index is 13.1. The van der Waals surface area contributed by atoms with Gasteiger partial charge in [0.2, 0.25) is 0 Å². The van der Waals surface area contributed by atoms with Crippen molar-refractivity contribution in [2.24, 2.45) is 0 Å². The molecule has 25 heavy (non-hydrogen) atoms. The van der Waals surface area contributed by atoms with Crippen LogP contribution in [0.25, 0.3) is 0 Å². The van der Waals surface area contributed by atoms with Crippen molar-refractivity contribution in [1.29, 1.82) is 0 Å². The summed E-state index contributed by atoms with van der Waals surface area (Å²) in [4.78, 5) is 11.8. The predicted molar refractivity (Wildman–Crippen MR) is 94.7 cm³/mol. The van der Waals surface area contributed by atoms with Gasteiger partial charge in [-0.3, -0.25) is 0 Å². The van der Waals surface area contributed by atoms with Gasteiger partial charge >= 0.3 is 6.09 Å². The van der Waals surface area contributed by atoms with E-state index in [0.717, 1.165) is 36.9 Å². The highest BCUT2D eigenvalue weighted by atomic mass is 19.1. The fourth-order valence-electron chi connectivity index (χ4n) is 2.95. The first-order valence-electron chi connectivity index (χ1n) is 8.64. The fourth-order valence-corrected chi connectivity index (χ4v) is 2.95. The maximum absolute atomic E-state index is 13.1. The number of alkyl carbamates (subject to hydrolysis) is 1. The lowest BCUT2D eigenvalue weighted by atomic mass is 9.87. The van der Waals surface area contributed by atoms with Crippen LogP contribution in [0.5, 0.6) is 0 Å². The fraction of sp³-hybridized carbons (Fsp3) is 0.350. The number of benzene rings is 2. The molecule has 1 amide bonds. The standard InChI is InChI=1S/C20H23FN2O2/c21-17-8-4-7-15(11-17)9-10-22-18-12-19(13-18)23-20(24)25-14-16-5-2-1-3-6-16/h1-8,11,18-19,22H,9-10,12-14H2,(H,23,24). The minimum absolute atomic E-state index is 0.162. The second-order valence-electron chi connectivity index (χ2n) is 6.41. The second kappa shape index (κ2) is 8.62. The van der Waals surface area contributed by atoms with E-state index in [1.807, 2.05) is 36.4 Å². The Hall–Kier alpha value is -2.40. The van der Waals surface area contributed by atoms with Gasteiger partial charge in [-0.05, 0) is 49.1 Å². The first kappa shape index (κ1) is 17.4. The SMILES string of the molecule is O=C(NC1CC(NCCc2cccc(F)c2)C1)OCc1ccccc1. The summed E-state index contributed by atoms with van der Waals surface area (Å²) in [5, 5.41) is 6.31. The largest absolute Gasteiger partial charge is 0.445 e. The number of halogens is 1. The van der Waals surface area contributed by atoms with Crippen LogP contribution in [-0.2, 0) is 17.8 Å². The van der Waals surface area contributed by atoms with E-state index in [-0.39, 0.29) is 24.6 Å². The summed E-state index contributed by atoms with van der Waals surface area (Å²) in [6.07, 6.45) is 2.21. The molecule has 1 aliphatic rings. The number of carbonyl (C=O) groups is 1. The Balaban J connectivity index is 1.27. The van der Waals surface area contributed by atoms with Gasteiger partial charge in [0.1, 0.15) is 12.4 Å². The lowest BCUT2D eigenvalue weighted by Crippen LogP contribution is -2.52. The summed E-state index contributed by atoms with van der Waals surface area (Å²) in [6.45, 7) is 1.09. The lowest BCUT2D eigenvalue weighted by molar-refractivity contribution is 0.125. The normalized spacial score (nSPS) is 19.1. The Morgan fingerprint density at radius 1 is 1.04 bits per heavy atom. The summed E-state index contributed by atoms with van der Waals surface area (Å²) in [7, 11) is 0. The van der Waals surface area contributed by atoms with Gasteiger partial charge in [-0.2, -0.15) is 0 Å². The zero-order valence-corrected chi connectivity index (χ0v) is 14.1. The van der Waals surface area contributed by atoms with Crippen molar-refractivity contribution in [1.82, 2.24) is 10.6 Å². The number of rotatable bonds is 7. The minimum Gasteiger partial charge on any atom is -0.445 e. The number of nitrogens with one attached hydrogen (secondary N) is 2. The highest BCUT2D eigenvalue weighted by Crippen LogP contribution is 2.20. The minimum atomic E-state index is -0.368. The molecule has 5 heteroatoms. The molecule has 1 aliphatic carbocycles. The van der Waals surface area contributed by atoms with Crippen LogP contribution >= 0.6 is 0 Å². The molecule has 2 N–H and O–H groups in total. The molecule has 0 radical (unpaired) electrons. The van der Waals surface area contributed by atoms with Crippen molar-refractivity contribution in [2.75, 3.05) is 6.54 Å². The van der Waals surface area contributed by atoms with Crippen LogP contribution in [0.15, 0.2) is 54.6 Å². The van der Waals surface area contributed by atoms with Crippen LogP contribution in [0.3, 0.4) is 0 Å². The first-order valence-corrected chi connectivity index (χ1v) is 8.64. The summed E-state index contributed by atoms with van der Waals surface area (Å²) in [6, 6.07) is 16.9. The number of hydrogen-bond acceptors (Lipinski definition) is 3. The Morgan fingerprint density at radius 3 is 2.56 bits per heavy atom. The molecule has 3 rings (SSSR count). The van der Waals surface area contributed by atoms with Crippen molar-refractivity contribution < 1.29 is 13.9 Å². The third-order valence-corrected chi connectivity index (χ3v) is 4.41. The average Bonchev–Trinajstić information content (AvgIpc) is 2.58. The zero-order valence-electron chi connectivity index (χ0n) is 14.1. The third kappa shape index (κ3) is 5.57. The zero-order chi connectivity index (χ0) is 17.5. The van der Waals surface area contributed by atoms with E-state index >= 15 is 0 Å². The topological polar surface area (TPSA) is 50.4 Å². The molecule has 0 bridgehead atoms. The van der Waals surface area contributed by atoms with Gasteiger partial charge in [0.15, 0.2) is 0 Å². The van der Waals surface area contributed by atoms with E-state index in [1.165, 1.54) is 6.07 Å². The molecule has 1 fully saturated rings. The third-order valence-electron chi connectivity index (χ3n) is 4.41. The van der Waals surface area contributed by atoms with Crippen molar-refractivity contribution in [3.8, 4) is 0 Å². The molecular formula is C20H23FN2O2. The van der Waals surface area contributed by atoms with E-state index in [4.69, 9.17) is 4.74 Å². The molecule has 132 valence electrons. The van der Waals surface area contributed by atoms with Crippen molar-refractivity contribution in [3.63, 3.8) is 0 Å². The molecule has 4 nitrogen and oxygen atoms in total. The van der Waals surface area contributed by atoms with Gasteiger partial charge in [-0.1, -0.05) is 42.5 Å². The van der Waals surface area contributed by atoms with Gasteiger partial charge < -0.3 is 15.4 Å². The van der Waals surface area contributed by atoms with Gasteiger partial charge in [0.25, 0.3) is 0 Å². The van der Waals surface area contributed by atoms with E-state index < -0.39 is 0 Å². The molecule has 0 aromatic heterocycles. The molecule has 0 heterocycles. The van der Waals surface area contributed by atoms with Crippen LogP contribution in [-0.4, -0.2) is 24.7 Å². The predicted octanol–water partition coefficient (Wildman–Crippen LogP) is 3.42.